The largest absolute Gasteiger partial charge is 0.487 e. The van der Waals surface area contributed by atoms with E-state index in [-0.39, 0.29) is 24.2 Å². The van der Waals surface area contributed by atoms with E-state index in [1.165, 1.54) is 22.6 Å². The molecule has 0 bridgehead atoms. The lowest BCUT2D eigenvalue weighted by molar-refractivity contribution is -0.129. The van der Waals surface area contributed by atoms with Gasteiger partial charge in [0, 0.05) is 42.0 Å². The monoisotopic (exact) mass is 650 g/mol. The van der Waals surface area contributed by atoms with Crippen LogP contribution in [0.3, 0.4) is 0 Å². The Bertz CT molecular complexity index is 1850. The van der Waals surface area contributed by atoms with Gasteiger partial charge < -0.3 is 15.0 Å². The van der Waals surface area contributed by atoms with Gasteiger partial charge in [0.15, 0.2) is 0 Å². The lowest BCUT2D eigenvalue weighted by atomic mass is 9.95. The van der Waals surface area contributed by atoms with E-state index in [0.29, 0.717) is 16.7 Å². The highest BCUT2D eigenvalue weighted by Crippen LogP contribution is 2.45. The third-order valence-electron chi connectivity index (χ3n) is 8.29. The van der Waals surface area contributed by atoms with E-state index >= 15 is 0 Å². The maximum absolute atomic E-state index is 13.5. The molecule has 0 saturated carbocycles. The van der Waals surface area contributed by atoms with Crippen LogP contribution in [0.5, 0.6) is 5.75 Å². The number of aromatic nitrogens is 4. The molecule has 8 nitrogen and oxygen atoms in total. The van der Waals surface area contributed by atoms with E-state index in [1.807, 2.05) is 11.0 Å². The van der Waals surface area contributed by atoms with Gasteiger partial charge in [0.2, 0.25) is 5.91 Å². The van der Waals surface area contributed by atoms with Gasteiger partial charge in [-0.2, -0.15) is 5.10 Å². The highest BCUT2D eigenvalue weighted by Gasteiger charge is 2.28. The maximum atomic E-state index is 13.5. The summed E-state index contributed by atoms with van der Waals surface area (Å²) in [5.74, 6) is 1.48. The molecule has 1 fully saturated rings. The Kier molecular flexibility index (Phi) is 8.14. The lowest BCUT2D eigenvalue weighted by Gasteiger charge is -2.31. The number of aryl methyl sites for hydroxylation is 2. The summed E-state index contributed by atoms with van der Waals surface area (Å²) in [5, 5.41) is 9.86. The molecular formula is C32H29Cl2FN6O2S. The molecule has 2 aliphatic rings. The summed E-state index contributed by atoms with van der Waals surface area (Å²) in [6.07, 6.45) is 7.36. The second kappa shape index (κ2) is 12.3. The number of carbonyl (C=O) groups is 1. The molecule has 12 heteroatoms. The summed E-state index contributed by atoms with van der Waals surface area (Å²) >= 11 is 14.0. The van der Waals surface area contributed by atoms with Crippen molar-refractivity contribution in [3.8, 4) is 16.2 Å². The number of hydrogen-bond acceptors (Lipinski definition) is 7. The van der Waals surface area contributed by atoms with Crippen molar-refractivity contribution < 1.29 is 13.9 Å². The zero-order valence-corrected chi connectivity index (χ0v) is 26.1. The summed E-state index contributed by atoms with van der Waals surface area (Å²) in [6, 6.07) is 11.8. The molecule has 0 atom stereocenters. The molecule has 0 radical (unpaired) electrons. The number of hydrogen-bond donors (Lipinski definition) is 1. The molecule has 226 valence electrons. The van der Waals surface area contributed by atoms with Gasteiger partial charge in [-0.05, 0) is 73.1 Å². The molecule has 0 unspecified atom stereocenters. The number of nitrogens with one attached hydrogen (secondary N) is 1. The molecule has 7 rings (SSSR count). The van der Waals surface area contributed by atoms with E-state index in [4.69, 9.17) is 33.0 Å². The molecule has 44 heavy (non-hydrogen) atoms. The summed E-state index contributed by atoms with van der Waals surface area (Å²) in [7, 11) is 0. The Labute approximate surface area is 267 Å². The van der Waals surface area contributed by atoms with Crippen molar-refractivity contribution in [3.63, 3.8) is 0 Å². The number of alkyl halides is 1. The zero-order chi connectivity index (χ0) is 30.2. The van der Waals surface area contributed by atoms with Gasteiger partial charge >= 0.3 is 0 Å². The zero-order valence-electron chi connectivity index (χ0n) is 23.7. The Hall–Kier alpha value is -3.73. The number of anilines is 2. The van der Waals surface area contributed by atoms with Crippen LogP contribution < -0.4 is 10.1 Å². The average molecular weight is 652 g/mol. The van der Waals surface area contributed by atoms with Crippen LogP contribution in [0.4, 0.5) is 15.9 Å². The summed E-state index contributed by atoms with van der Waals surface area (Å²) in [5.41, 5.74) is 5.01. The van der Waals surface area contributed by atoms with E-state index in [2.05, 4.69) is 26.2 Å². The fourth-order valence-electron chi connectivity index (χ4n) is 6.05. The molecule has 2 aromatic carbocycles. The van der Waals surface area contributed by atoms with E-state index in [0.717, 1.165) is 83.9 Å². The summed E-state index contributed by atoms with van der Waals surface area (Å²) in [6.45, 7) is 2.56. The number of rotatable bonds is 8. The first kappa shape index (κ1) is 29.0. The highest BCUT2D eigenvalue weighted by atomic mass is 35.5. The number of ether oxygens (including phenoxy) is 1. The first-order valence-electron chi connectivity index (χ1n) is 14.6. The number of carbonyl (C=O) groups excluding carboxylic acids is 1. The van der Waals surface area contributed by atoms with Crippen LogP contribution in [0.2, 0.25) is 5.02 Å². The van der Waals surface area contributed by atoms with E-state index < -0.39 is 0 Å². The van der Waals surface area contributed by atoms with Crippen LogP contribution in [0.25, 0.3) is 20.7 Å². The molecule has 1 amide bonds. The van der Waals surface area contributed by atoms with Crippen LogP contribution in [-0.4, -0.2) is 49.5 Å². The van der Waals surface area contributed by atoms with Gasteiger partial charge in [-0.15, -0.1) is 22.9 Å². The number of piperidine rings is 1. The number of fused-ring (bicyclic) bond motifs is 5. The van der Waals surface area contributed by atoms with Crippen molar-refractivity contribution in [2.45, 2.75) is 38.8 Å². The number of nitrogens with zero attached hydrogens (tertiary/aromatic N) is 5. The first-order valence-corrected chi connectivity index (χ1v) is 16.3. The number of amides is 1. The minimum Gasteiger partial charge on any atom is -0.487 e. The Morgan fingerprint density at radius 3 is 2.80 bits per heavy atom. The minimum atomic E-state index is -0.303. The van der Waals surface area contributed by atoms with E-state index in [1.54, 1.807) is 41.9 Å². The van der Waals surface area contributed by atoms with Gasteiger partial charge in [-0.3, -0.25) is 9.48 Å². The summed E-state index contributed by atoms with van der Waals surface area (Å²) < 4.78 is 21.4. The maximum Gasteiger partial charge on any atom is 0.237 e. The second-order valence-corrected chi connectivity index (χ2v) is 12.8. The Morgan fingerprint density at radius 1 is 1.14 bits per heavy atom. The molecule has 3 aromatic heterocycles. The fourth-order valence-corrected chi connectivity index (χ4v) is 7.68. The lowest BCUT2D eigenvalue weighted by Crippen LogP contribution is -2.40. The van der Waals surface area contributed by atoms with Crippen molar-refractivity contribution in [2.75, 3.05) is 24.3 Å². The smallest absolute Gasteiger partial charge is 0.237 e. The van der Waals surface area contributed by atoms with Crippen molar-refractivity contribution in [1.82, 2.24) is 24.6 Å². The standard InChI is InChI=1S/C32H29Cl2FN6O2S/c33-14-28(42)40-10-8-19(9-11-40)15-41-16-24-26(39-41)6-5-23-29-31(36-18-37-32(29)44-30(23)24)38-22-4-7-27(25(34)13-22)43-17-20-2-1-3-21(35)12-20/h1-4,7,12-13,16,18-19H,5-6,8-11,14-15,17H2,(H,36,37,38). The van der Waals surface area contributed by atoms with Crippen molar-refractivity contribution in [2.24, 2.45) is 5.92 Å². The minimum absolute atomic E-state index is 0.0145. The SMILES string of the molecule is O=C(CCl)N1CCC(Cn2cc3c(n2)CCc2c-3sc3ncnc(Nc4ccc(OCc5cccc(F)c5)c(Cl)c4)c23)CC1. The molecule has 5 aromatic rings. The van der Waals surface area contributed by atoms with Crippen molar-refractivity contribution >= 4 is 62.2 Å². The van der Waals surface area contributed by atoms with Crippen LogP contribution in [0.1, 0.15) is 29.7 Å². The number of benzene rings is 2. The van der Waals surface area contributed by atoms with Crippen LogP contribution in [-0.2, 0) is 30.8 Å². The molecule has 1 N–H and O–H groups in total. The number of likely N-dealkylation sites (tertiary alicyclic amines) is 1. The topological polar surface area (TPSA) is 85.2 Å². The predicted molar refractivity (Wildman–Crippen MR) is 172 cm³/mol. The van der Waals surface area contributed by atoms with Crippen molar-refractivity contribution in [3.05, 3.63) is 82.6 Å². The molecule has 1 aliphatic heterocycles. The van der Waals surface area contributed by atoms with Crippen LogP contribution in [0.15, 0.2) is 55.0 Å². The third-order valence-corrected chi connectivity index (χ3v) is 9.98. The quantitative estimate of drug-likeness (QED) is 0.178. The molecule has 1 aliphatic carbocycles. The van der Waals surface area contributed by atoms with Gasteiger partial charge in [0.05, 0.1) is 16.1 Å². The highest BCUT2D eigenvalue weighted by molar-refractivity contribution is 7.22. The molecule has 0 spiro atoms. The summed E-state index contributed by atoms with van der Waals surface area (Å²) in [4.78, 5) is 25.1. The predicted octanol–water partition coefficient (Wildman–Crippen LogP) is 7.25. The third kappa shape index (κ3) is 5.86. The van der Waals surface area contributed by atoms with Gasteiger partial charge in [0.25, 0.3) is 0 Å². The Morgan fingerprint density at radius 2 is 2.00 bits per heavy atom. The second-order valence-electron chi connectivity index (χ2n) is 11.2. The number of thiophene rings is 1. The average Bonchev–Trinajstić information content (AvgIpc) is 3.62. The van der Waals surface area contributed by atoms with Gasteiger partial charge in [0.1, 0.15) is 41.0 Å². The molecular weight excluding hydrogens is 622 g/mol. The van der Waals surface area contributed by atoms with Crippen LogP contribution in [0, 0.1) is 11.7 Å². The van der Waals surface area contributed by atoms with Gasteiger partial charge in [-0.1, -0.05) is 23.7 Å². The molecule has 4 heterocycles. The number of halogens is 3. The fraction of sp³-hybridized carbons (Fsp3) is 0.312. The van der Waals surface area contributed by atoms with Crippen molar-refractivity contribution in [1.29, 1.82) is 0 Å². The first-order chi connectivity index (χ1) is 21.4. The normalized spacial score (nSPS) is 14.8. The molecule has 1 saturated heterocycles. The Balaban J connectivity index is 1.08. The van der Waals surface area contributed by atoms with Gasteiger partial charge in [-0.25, -0.2) is 14.4 Å². The van der Waals surface area contributed by atoms with Crippen LogP contribution >= 0.6 is 34.5 Å². The van der Waals surface area contributed by atoms with E-state index in [9.17, 15) is 9.18 Å².